The molecule has 1 amide bonds. The van der Waals surface area contributed by atoms with Crippen molar-refractivity contribution < 1.29 is 4.79 Å². The lowest BCUT2D eigenvalue weighted by molar-refractivity contribution is -0.138. The lowest BCUT2D eigenvalue weighted by Crippen LogP contribution is -2.40. The van der Waals surface area contributed by atoms with Gasteiger partial charge in [-0.3, -0.25) is 9.48 Å². The first-order valence-electron chi connectivity index (χ1n) is 5.97. The van der Waals surface area contributed by atoms with Crippen molar-refractivity contribution in [2.45, 2.75) is 33.2 Å². The summed E-state index contributed by atoms with van der Waals surface area (Å²) in [7, 11) is 1.92. The van der Waals surface area contributed by atoms with E-state index in [0.29, 0.717) is 6.54 Å². The summed E-state index contributed by atoms with van der Waals surface area (Å²) in [5, 5.41) is 4.35. The highest BCUT2D eigenvalue weighted by molar-refractivity contribution is 9.10. The smallest absolute Gasteiger partial charge is 0.225 e. The van der Waals surface area contributed by atoms with Crippen molar-refractivity contribution in [2.75, 3.05) is 6.54 Å². The Hall–Kier alpha value is -0.840. The maximum atomic E-state index is 12.0. The van der Waals surface area contributed by atoms with Gasteiger partial charge in [-0.25, -0.2) is 0 Å². The van der Waals surface area contributed by atoms with Crippen LogP contribution in [-0.4, -0.2) is 27.1 Å². The van der Waals surface area contributed by atoms with E-state index in [0.717, 1.165) is 35.2 Å². The van der Waals surface area contributed by atoms with Gasteiger partial charge in [-0.15, -0.1) is 0 Å². The predicted octanol–water partition coefficient (Wildman–Crippen LogP) is 2.25. The van der Waals surface area contributed by atoms with Crippen molar-refractivity contribution in [2.24, 2.45) is 13.0 Å². The Balaban J connectivity index is 2.17. The molecule has 1 aromatic heterocycles. The molecule has 1 aliphatic heterocycles. The number of aryl methyl sites for hydroxylation is 2. The van der Waals surface area contributed by atoms with Gasteiger partial charge in [0.15, 0.2) is 0 Å². The molecule has 94 valence electrons. The zero-order chi connectivity index (χ0) is 12.6. The topological polar surface area (TPSA) is 38.1 Å². The molecule has 2 heterocycles. The van der Waals surface area contributed by atoms with Crippen LogP contribution < -0.4 is 0 Å². The molecule has 1 fully saturated rings. The van der Waals surface area contributed by atoms with Gasteiger partial charge in [0.25, 0.3) is 0 Å². The van der Waals surface area contributed by atoms with E-state index in [-0.39, 0.29) is 11.8 Å². The van der Waals surface area contributed by atoms with Crippen LogP contribution >= 0.6 is 15.9 Å². The lowest BCUT2D eigenvalue weighted by atomic mass is 9.99. The molecule has 0 aromatic carbocycles. The molecule has 1 saturated heterocycles. The summed E-state index contributed by atoms with van der Waals surface area (Å²) in [5.41, 5.74) is 2.05. The molecule has 0 radical (unpaired) electrons. The molecular weight excluding hydrogens is 282 g/mol. The zero-order valence-corrected chi connectivity index (χ0v) is 12.1. The van der Waals surface area contributed by atoms with Gasteiger partial charge in [0.1, 0.15) is 0 Å². The quantitative estimate of drug-likeness (QED) is 0.840. The third-order valence-electron chi connectivity index (χ3n) is 3.40. The van der Waals surface area contributed by atoms with E-state index < -0.39 is 0 Å². The highest BCUT2D eigenvalue weighted by atomic mass is 79.9. The van der Waals surface area contributed by atoms with Gasteiger partial charge >= 0.3 is 0 Å². The maximum Gasteiger partial charge on any atom is 0.225 e. The molecule has 1 aliphatic rings. The van der Waals surface area contributed by atoms with Gasteiger partial charge < -0.3 is 4.90 Å². The van der Waals surface area contributed by atoms with Crippen LogP contribution in [0.3, 0.4) is 0 Å². The Morgan fingerprint density at radius 2 is 2.24 bits per heavy atom. The molecule has 0 N–H and O–H groups in total. The van der Waals surface area contributed by atoms with Gasteiger partial charge in [0, 0.05) is 19.5 Å². The fraction of sp³-hybridized carbons (Fsp3) is 0.667. The summed E-state index contributed by atoms with van der Waals surface area (Å²) in [6, 6.07) is 0. The van der Waals surface area contributed by atoms with Crippen LogP contribution in [0.5, 0.6) is 0 Å². The van der Waals surface area contributed by atoms with E-state index >= 15 is 0 Å². The molecule has 0 bridgehead atoms. The Labute approximate surface area is 110 Å². The van der Waals surface area contributed by atoms with E-state index in [1.165, 1.54) is 0 Å². The number of likely N-dealkylation sites (tertiary alicyclic amines) is 1. The van der Waals surface area contributed by atoms with Gasteiger partial charge in [0.05, 0.1) is 22.4 Å². The molecule has 17 heavy (non-hydrogen) atoms. The maximum absolute atomic E-state index is 12.0. The van der Waals surface area contributed by atoms with E-state index in [2.05, 4.69) is 21.0 Å². The van der Waals surface area contributed by atoms with Crippen molar-refractivity contribution in [3.8, 4) is 0 Å². The minimum atomic E-state index is 0.164. The second-order valence-corrected chi connectivity index (χ2v) is 5.57. The SMILES string of the molecule is Cc1nn(C)c(CN2CCCC(C)C2=O)c1Br. The summed E-state index contributed by atoms with van der Waals surface area (Å²) in [4.78, 5) is 14.0. The van der Waals surface area contributed by atoms with Crippen molar-refractivity contribution >= 4 is 21.8 Å². The number of nitrogens with zero attached hydrogens (tertiary/aromatic N) is 3. The average molecular weight is 300 g/mol. The third-order valence-corrected chi connectivity index (χ3v) is 4.43. The normalized spacial score (nSPS) is 21.1. The number of piperidine rings is 1. The highest BCUT2D eigenvalue weighted by Crippen LogP contribution is 2.24. The molecule has 1 aromatic rings. The lowest BCUT2D eigenvalue weighted by Gasteiger charge is -2.30. The molecular formula is C12H18BrN3O. The number of amides is 1. The molecule has 5 heteroatoms. The van der Waals surface area contributed by atoms with Crippen LogP contribution in [0.2, 0.25) is 0 Å². The van der Waals surface area contributed by atoms with E-state index in [9.17, 15) is 4.79 Å². The van der Waals surface area contributed by atoms with Crippen LogP contribution in [-0.2, 0) is 18.4 Å². The molecule has 0 aliphatic carbocycles. The summed E-state index contributed by atoms with van der Waals surface area (Å²) >= 11 is 3.54. The minimum Gasteiger partial charge on any atom is -0.337 e. The van der Waals surface area contributed by atoms with Crippen LogP contribution in [0.25, 0.3) is 0 Å². The molecule has 0 saturated carbocycles. The van der Waals surface area contributed by atoms with Crippen LogP contribution in [0, 0.1) is 12.8 Å². The summed E-state index contributed by atoms with van der Waals surface area (Å²) in [6.45, 7) is 5.49. The third kappa shape index (κ3) is 2.39. The Kier molecular flexibility index (Phi) is 3.56. The number of aromatic nitrogens is 2. The molecule has 1 unspecified atom stereocenters. The summed E-state index contributed by atoms with van der Waals surface area (Å²) in [5.74, 6) is 0.429. The van der Waals surface area contributed by atoms with Gasteiger partial charge in [0.2, 0.25) is 5.91 Å². The first kappa shape index (κ1) is 12.6. The molecule has 4 nitrogen and oxygen atoms in total. The van der Waals surface area contributed by atoms with Crippen molar-refractivity contribution in [3.63, 3.8) is 0 Å². The molecule has 0 spiro atoms. The van der Waals surface area contributed by atoms with Crippen molar-refractivity contribution in [1.29, 1.82) is 0 Å². The number of halogens is 1. The summed E-state index contributed by atoms with van der Waals surface area (Å²) in [6.07, 6.45) is 2.11. The number of carbonyl (C=O) groups excluding carboxylic acids is 1. The monoisotopic (exact) mass is 299 g/mol. The van der Waals surface area contributed by atoms with Gasteiger partial charge in [-0.1, -0.05) is 6.92 Å². The second kappa shape index (κ2) is 4.80. The first-order valence-corrected chi connectivity index (χ1v) is 6.76. The van der Waals surface area contributed by atoms with E-state index in [1.54, 1.807) is 0 Å². The van der Waals surface area contributed by atoms with Crippen LogP contribution in [0.4, 0.5) is 0 Å². The fourth-order valence-electron chi connectivity index (χ4n) is 2.32. The largest absolute Gasteiger partial charge is 0.337 e. The van der Waals surface area contributed by atoms with E-state index in [4.69, 9.17) is 0 Å². The van der Waals surface area contributed by atoms with E-state index in [1.807, 2.05) is 30.5 Å². The Morgan fingerprint density at radius 3 is 2.82 bits per heavy atom. The summed E-state index contributed by atoms with van der Waals surface area (Å²) < 4.78 is 2.87. The number of rotatable bonds is 2. The molecule has 2 rings (SSSR count). The van der Waals surface area contributed by atoms with Crippen LogP contribution in [0.15, 0.2) is 4.47 Å². The van der Waals surface area contributed by atoms with Gasteiger partial charge in [-0.2, -0.15) is 5.10 Å². The Morgan fingerprint density at radius 1 is 1.53 bits per heavy atom. The zero-order valence-electron chi connectivity index (χ0n) is 10.5. The first-order chi connectivity index (χ1) is 8.00. The fourth-order valence-corrected chi connectivity index (χ4v) is 2.78. The number of hydrogen-bond acceptors (Lipinski definition) is 2. The highest BCUT2D eigenvalue weighted by Gasteiger charge is 2.26. The molecule has 1 atom stereocenters. The van der Waals surface area contributed by atoms with Crippen molar-refractivity contribution in [3.05, 3.63) is 15.9 Å². The van der Waals surface area contributed by atoms with Crippen molar-refractivity contribution in [1.82, 2.24) is 14.7 Å². The predicted molar refractivity (Wildman–Crippen MR) is 69.5 cm³/mol. The second-order valence-electron chi connectivity index (χ2n) is 4.77. The standard InChI is InChI=1S/C12H18BrN3O/c1-8-5-4-6-16(12(8)17)7-10-11(13)9(2)14-15(10)3/h8H,4-7H2,1-3H3. The number of hydrogen-bond donors (Lipinski definition) is 0. The Bertz CT molecular complexity index is 441. The van der Waals surface area contributed by atoms with Crippen LogP contribution in [0.1, 0.15) is 31.2 Å². The number of carbonyl (C=O) groups is 1. The minimum absolute atomic E-state index is 0.164. The van der Waals surface area contributed by atoms with Gasteiger partial charge in [-0.05, 0) is 35.7 Å². The average Bonchev–Trinajstić information content (AvgIpc) is 2.51.